The monoisotopic (exact) mass is 493 g/mol. The predicted octanol–water partition coefficient (Wildman–Crippen LogP) is 5.43. The van der Waals surface area contributed by atoms with E-state index in [1.807, 2.05) is 0 Å². The highest BCUT2D eigenvalue weighted by Crippen LogP contribution is 2.34. The fourth-order valence-electron chi connectivity index (χ4n) is 5.01. The van der Waals surface area contributed by atoms with Crippen molar-refractivity contribution in [3.05, 3.63) is 41.2 Å². The van der Waals surface area contributed by atoms with E-state index >= 15 is 0 Å². The van der Waals surface area contributed by atoms with Crippen LogP contribution in [0.4, 0.5) is 5.82 Å². The minimum Gasteiger partial charge on any atom is -0.383 e. The van der Waals surface area contributed by atoms with E-state index in [1.54, 1.807) is 7.11 Å². The van der Waals surface area contributed by atoms with Gasteiger partial charge in [-0.3, -0.25) is 4.90 Å². The molecule has 3 aromatic rings. The first-order valence-electron chi connectivity index (χ1n) is 13.5. The first kappa shape index (κ1) is 26.6. The second kappa shape index (κ2) is 12.2. The van der Waals surface area contributed by atoms with Gasteiger partial charge in [-0.15, -0.1) is 0 Å². The fourth-order valence-corrected chi connectivity index (χ4v) is 5.01. The third-order valence-corrected chi connectivity index (χ3v) is 7.14. The van der Waals surface area contributed by atoms with E-state index in [1.165, 1.54) is 16.6 Å². The Morgan fingerprint density at radius 1 is 1.14 bits per heavy atom. The number of aryl methyl sites for hydroxylation is 2. The van der Waals surface area contributed by atoms with Gasteiger partial charge in [0.2, 0.25) is 0 Å². The van der Waals surface area contributed by atoms with Gasteiger partial charge in [-0.05, 0) is 68.5 Å². The van der Waals surface area contributed by atoms with Crippen molar-refractivity contribution in [1.82, 2.24) is 19.4 Å². The molecule has 0 saturated carbocycles. The van der Waals surface area contributed by atoms with Crippen molar-refractivity contribution in [2.45, 2.75) is 59.4 Å². The Balaban J connectivity index is 1.66. The molecule has 0 radical (unpaired) electrons. The molecule has 4 heterocycles. The van der Waals surface area contributed by atoms with Gasteiger partial charge in [-0.2, -0.15) is 0 Å². The molecule has 36 heavy (non-hydrogen) atoms. The molecule has 7 nitrogen and oxygen atoms in total. The van der Waals surface area contributed by atoms with Crippen LogP contribution in [0.2, 0.25) is 0 Å². The highest BCUT2D eigenvalue weighted by molar-refractivity contribution is 5.86. The lowest BCUT2D eigenvalue weighted by Gasteiger charge is -2.26. The smallest absolute Gasteiger partial charge is 0.135 e. The Kier molecular flexibility index (Phi) is 8.99. The van der Waals surface area contributed by atoms with Crippen molar-refractivity contribution in [3.63, 3.8) is 0 Å². The molecule has 4 rings (SSSR count). The van der Waals surface area contributed by atoms with E-state index < -0.39 is 0 Å². The molecule has 0 bridgehead atoms. The zero-order valence-electron chi connectivity index (χ0n) is 22.9. The summed E-state index contributed by atoms with van der Waals surface area (Å²) in [5, 5.41) is 3.67. The molecule has 1 atom stereocenters. The maximum Gasteiger partial charge on any atom is 0.135 e. The van der Waals surface area contributed by atoms with Crippen LogP contribution in [0.1, 0.15) is 62.9 Å². The summed E-state index contributed by atoms with van der Waals surface area (Å²) in [7, 11) is 1.76. The number of ether oxygens (including phenoxy) is 2. The number of morpholine rings is 1. The second-order valence-corrected chi connectivity index (χ2v) is 10.3. The van der Waals surface area contributed by atoms with E-state index in [-0.39, 0.29) is 6.04 Å². The molecule has 1 saturated heterocycles. The quantitative estimate of drug-likeness (QED) is 0.359. The highest BCUT2D eigenvalue weighted by atomic mass is 16.5. The zero-order valence-corrected chi connectivity index (χ0v) is 22.9. The molecule has 0 amide bonds. The highest BCUT2D eigenvalue weighted by Gasteiger charge is 2.19. The summed E-state index contributed by atoms with van der Waals surface area (Å²) in [5.41, 5.74) is 7.86. The molecule has 1 aliphatic rings. The number of aromatic nitrogens is 3. The van der Waals surface area contributed by atoms with Gasteiger partial charge in [0.15, 0.2) is 0 Å². The minimum absolute atomic E-state index is 0.249. The van der Waals surface area contributed by atoms with Crippen molar-refractivity contribution in [3.8, 4) is 11.3 Å². The molecule has 1 N–H and O–H groups in total. The minimum atomic E-state index is 0.249. The molecule has 196 valence electrons. The van der Waals surface area contributed by atoms with Crippen LogP contribution in [0, 0.1) is 6.92 Å². The van der Waals surface area contributed by atoms with Gasteiger partial charge in [0.05, 0.1) is 42.6 Å². The first-order chi connectivity index (χ1) is 17.4. The third kappa shape index (κ3) is 5.90. The number of anilines is 1. The molecule has 0 aromatic carbocycles. The van der Waals surface area contributed by atoms with Crippen molar-refractivity contribution < 1.29 is 9.47 Å². The van der Waals surface area contributed by atoms with E-state index in [0.29, 0.717) is 12.5 Å². The molecule has 1 fully saturated rings. The number of hydrogen-bond donors (Lipinski definition) is 1. The summed E-state index contributed by atoms with van der Waals surface area (Å²) < 4.78 is 13.2. The summed E-state index contributed by atoms with van der Waals surface area (Å²) in [6, 6.07) is 6.93. The lowest BCUT2D eigenvalue weighted by atomic mass is 10.0. The van der Waals surface area contributed by atoms with Crippen molar-refractivity contribution in [1.29, 1.82) is 0 Å². The number of nitrogens with zero attached hydrogens (tertiary/aromatic N) is 4. The van der Waals surface area contributed by atoms with Gasteiger partial charge in [-0.25, -0.2) is 9.97 Å². The summed E-state index contributed by atoms with van der Waals surface area (Å²) in [6.07, 6.45) is 4.18. The van der Waals surface area contributed by atoms with Crippen LogP contribution in [-0.2, 0) is 15.9 Å². The van der Waals surface area contributed by atoms with Crippen LogP contribution in [0.25, 0.3) is 22.3 Å². The number of rotatable bonds is 11. The number of methoxy groups -OCH3 is 1. The van der Waals surface area contributed by atoms with Crippen LogP contribution in [-0.4, -0.2) is 72.5 Å². The maximum atomic E-state index is 5.48. The first-order valence-corrected chi connectivity index (χ1v) is 13.5. The second-order valence-electron chi connectivity index (χ2n) is 10.3. The maximum absolute atomic E-state index is 5.48. The SMILES string of the molecule is CCc1cc2c(nc1-c1ccc(C(C)C)nc1NCCCN1CCOCC1)c(C)cn2[C@@H](C)COC. The van der Waals surface area contributed by atoms with Crippen molar-refractivity contribution >= 4 is 16.9 Å². The topological polar surface area (TPSA) is 64.4 Å². The number of hydrogen-bond acceptors (Lipinski definition) is 6. The fraction of sp³-hybridized carbons (Fsp3) is 0.586. The Hall–Kier alpha value is -2.48. The zero-order chi connectivity index (χ0) is 25.7. The third-order valence-electron chi connectivity index (χ3n) is 7.14. The number of pyridine rings is 2. The molecular formula is C29H43N5O2. The van der Waals surface area contributed by atoms with E-state index in [2.05, 4.69) is 73.8 Å². The lowest BCUT2D eigenvalue weighted by Crippen LogP contribution is -2.37. The molecule has 0 unspecified atom stereocenters. The molecule has 7 heteroatoms. The molecule has 3 aromatic heterocycles. The van der Waals surface area contributed by atoms with Crippen LogP contribution < -0.4 is 5.32 Å². The molecular weight excluding hydrogens is 450 g/mol. The largest absolute Gasteiger partial charge is 0.383 e. The molecule has 0 spiro atoms. The summed E-state index contributed by atoms with van der Waals surface area (Å²) in [6.45, 7) is 17.3. The van der Waals surface area contributed by atoms with E-state index in [9.17, 15) is 0 Å². The number of fused-ring (bicyclic) bond motifs is 1. The van der Waals surface area contributed by atoms with Crippen LogP contribution in [0.15, 0.2) is 24.4 Å². The average Bonchev–Trinajstić information content (AvgIpc) is 3.22. The Morgan fingerprint density at radius 3 is 2.61 bits per heavy atom. The van der Waals surface area contributed by atoms with Gasteiger partial charge in [0.25, 0.3) is 0 Å². The van der Waals surface area contributed by atoms with Crippen LogP contribution in [0.3, 0.4) is 0 Å². The summed E-state index contributed by atoms with van der Waals surface area (Å²) in [4.78, 5) is 12.8. The standard InChI is InChI=1S/C29H43N5O2/c1-7-23-17-26-27(21(4)18-34(26)22(5)19-35-6)32-28(23)24-9-10-25(20(2)3)31-29(24)30-11-8-12-33-13-15-36-16-14-33/h9-10,17-18,20,22H,7-8,11-16,19H2,1-6H3,(H,30,31)/t22-/m0/s1. The van der Waals surface area contributed by atoms with Gasteiger partial charge in [-0.1, -0.05) is 20.8 Å². The Labute approximate surface area is 216 Å². The van der Waals surface area contributed by atoms with Crippen LogP contribution in [0.5, 0.6) is 0 Å². The van der Waals surface area contributed by atoms with Gasteiger partial charge in [0.1, 0.15) is 5.82 Å². The van der Waals surface area contributed by atoms with Gasteiger partial charge >= 0.3 is 0 Å². The lowest BCUT2D eigenvalue weighted by molar-refractivity contribution is 0.0378. The average molecular weight is 494 g/mol. The normalized spacial score (nSPS) is 15.6. The van der Waals surface area contributed by atoms with E-state index in [0.717, 1.165) is 80.5 Å². The van der Waals surface area contributed by atoms with Gasteiger partial charge in [0, 0.05) is 44.2 Å². The molecule has 1 aliphatic heterocycles. The summed E-state index contributed by atoms with van der Waals surface area (Å²) >= 11 is 0. The summed E-state index contributed by atoms with van der Waals surface area (Å²) in [5.74, 6) is 1.31. The van der Waals surface area contributed by atoms with Gasteiger partial charge < -0.3 is 19.4 Å². The predicted molar refractivity (Wildman–Crippen MR) is 148 cm³/mol. The van der Waals surface area contributed by atoms with Crippen LogP contribution >= 0.6 is 0 Å². The Bertz CT molecular complexity index is 1150. The van der Waals surface area contributed by atoms with Crippen molar-refractivity contribution in [2.24, 2.45) is 0 Å². The molecule has 0 aliphatic carbocycles. The van der Waals surface area contributed by atoms with E-state index in [4.69, 9.17) is 19.4 Å². The Morgan fingerprint density at radius 2 is 1.92 bits per heavy atom. The van der Waals surface area contributed by atoms with Crippen molar-refractivity contribution in [2.75, 3.05) is 58.4 Å². The number of nitrogens with one attached hydrogen (secondary N) is 1.